The van der Waals surface area contributed by atoms with Gasteiger partial charge in [0, 0.05) is 10.0 Å². The highest BCUT2D eigenvalue weighted by molar-refractivity contribution is 6.36. The Morgan fingerprint density at radius 3 is 1.20 bits per heavy atom. The summed E-state index contributed by atoms with van der Waals surface area (Å²) in [5.41, 5.74) is 0.593. The smallest absolute Gasteiger partial charge is 0.421 e. The average Bonchev–Trinajstić information content (AvgIpc) is 3.42. The van der Waals surface area contributed by atoms with Gasteiger partial charge in [-0.1, -0.05) is 75.2 Å². The fraction of sp³-hybridized carbons (Fsp3) is 0.333. The second kappa shape index (κ2) is 12.3. The molecule has 40 heavy (non-hydrogen) atoms. The number of carbonyl (C=O) groups is 4. The first-order chi connectivity index (χ1) is 19.2. The van der Waals surface area contributed by atoms with E-state index in [4.69, 9.17) is 32.7 Å². The van der Waals surface area contributed by atoms with Crippen molar-refractivity contribution in [2.45, 2.75) is 65.6 Å². The number of imide groups is 2. The van der Waals surface area contributed by atoms with E-state index in [1.54, 1.807) is 48.5 Å². The highest BCUT2D eigenvalue weighted by atomic mass is 35.5. The highest BCUT2D eigenvalue weighted by Crippen LogP contribution is 2.47. The van der Waals surface area contributed by atoms with Crippen LogP contribution in [0.25, 0.3) is 11.4 Å². The van der Waals surface area contributed by atoms with E-state index in [1.807, 2.05) is 27.7 Å². The van der Waals surface area contributed by atoms with E-state index >= 15 is 0 Å². The highest BCUT2D eigenvalue weighted by Gasteiger charge is 2.53. The van der Waals surface area contributed by atoms with Crippen molar-refractivity contribution in [2.75, 3.05) is 0 Å². The van der Waals surface area contributed by atoms with Gasteiger partial charge in [-0.2, -0.15) is 0 Å². The SMILES string of the molecule is CCC(CC)OC(=O)N1C(=O)C2=C(c3ccc(Cl)cc3)N(C(=O)OC(CC)CC)C(=O)C2=C1c1ccc(Cl)cc1. The van der Waals surface area contributed by atoms with Crippen LogP contribution in [-0.2, 0) is 19.1 Å². The van der Waals surface area contributed by atoms with E-state index in [0.717, 1.165) is 9.80 Å². The molecule has 0 fully saturated rings. The predicted molar refractivity (Wildman–Crippen MR) is 152 cm³/mol. The first kappa shape index (κ1) is 29.4. The van der Waals surface area contributed by atoms with E-state index < -0.39 is 36.2 Å². The number of hydrogen-bond acceptors (Lipinski definition) is 6. The minimum absolute atomic E-state index is 0.0157. The topological polar surface area (TPSA) is 93.2 Å². The molecule has 2 aromatic carbocycles. The van der Waals surface area contributed by atoms with Gasteiger partial charge >= 0.3 is 12.2 Å². The predicted octanol–water partition coefficient (Wildman–Crippen LogP) is 7.45. The van der Waals surface area contributed by atoms with Crippen LogP contribution in [0.1, 0.15) is 64.5 Å². The summed E-state index contributed by atoms with van der Waals surface area (Å²) in [7, 11) is 0. The lowest BCUT2D eigenvalue weighted by atomic mass is 10.0. The minimum atomic E-state index is -0.910. The molecule has 4 amide bonds. The lowest BCUT2D eigenvalue weighted by molar-refractivity contribution is -0.123. The van der Waals surface area contributed by atoms with Gasteiger partial charge in [0.1, 0.15) is 12.2 Å². The van der Waals surface area contributed by atoms with E-state index in [1.165, 1.54) is 0 Å². The molecule has 2 aromatic rings. The molecule has 2 aliphatic heterocycles. The zero-order valence-electron chi connectivity index (χ0n) is 22.7. The summed E-state index contributed by atoms with van der Waals surface area (Å²) in [4.78, 5) is 56.8. The molecule has 2 heterocycles. The summed E-state index contributed by atoms with van der Waals surface area (Å²) < 4.78 is 11.3. The van der Waals surface area contributed by atoms with Gasteiger partial charge in [0.2, 0.25) is 0 Å². The molecule has 0 bridgehead atoms. The van der Waals surface area contributed by atoms with Gasteiger partial charge in [-0.25, -0.2) is 19.4 Å². The third kappa shape index (κ3) is 5.38. The molecule has 0 aliphatic carbocycles. The molecule has 0 unspecified atom stereocenters. The Hall–Kier alpha value is -3.62. The van der Waals surface area contributed by atoms with Crippen LogP contribution in [0.15, 0.2) is 59.7 Å². The Morgan fingerprint density at radius 2 is 0.925 bits per heavy atom. The van der Waals surface area contributed by atoms with E-state index in [9.17, 15) is 19.2 Å². The van der Waals surface area contributed by atoms with E-state index in [-0.39, 0.29) is 22.5 Å². The number of carbonyl (C=O) groups excluding carboxylic acids is 4. The quantitative estimate of drug-likeness (QED) is 0.320. The van der Waals surface area contributed by atoms with Gasteiger partial charge in [0.05, 0.1) is 22.5 Å². The van der Waals surface area contributed by atoms with Gasteiger partial charge in [-0.3, -0.25) is 9.59 Å². The lowest BCUT2D eigenvalue weighted by Crippen LogP contribution is -2.38. The number of amides is 4. The average molecular weight is 585 g/mol. The molecule has 0 spiro atoms. The summed E-state index contributed by atoms with van der Waals surface area (Å²) in [6.45, 7) is 7.48. The second-order valence-electron chi connectivity index (χ2n) is 9.39. The van der Waals surface area contributed by atoms with Crippen LogP contribution >= 0.6 is 23.2 Å². The molecule has 4 rings (SSSR count). The van der Waals surface area contributed by atoms with Crippen LogP contribution in [0.3, 0.4) is 0 Å². The number of nitrogens with zero attached hydrogens (tertiary/aromatic N) is 2. The van der Waals surface area contributed by atoms with Crippen molar-refractivity contribution in [2.24, 2.45) is 0 Å². The van der Waals surface area contributed by atoms with Crippen molar-refractivity contribution in [1.82, 2.24) is 9.80 Å². The molecule has 0 aromatic heterocycles. The number of rotatable bonds is 8. The minimum Gasteiger partial charge on any atom is -0.446 e. The number of halogens is 2. The molecule has 0 saturated carbocycles. The molecule has 210 valence electrons. The summed E-state index contributed by atoms with van der Waals surface area (Å²) in [5, 5.41) is 0.853. The molecule has 0 saturated heterocycles. The van der Waals surface area contributed by atoms with Crippen molar-refractivity contribution in [3.8, 4) is 0 Å². The first-order valence-electron chi connectivity index (χ1n) is 13.3. The summed E-state index contributed by atoms with van der Waals surface area (Å²) in [6.07, 6.45) is -0.489. The maximum Gasteiger partial charge on any atom is 0.421 e. The monoisotopic (exact) mass is 584 g/mol. The number of benzene rings is 2. The summed E-state index contributed by atoms with van der Waals surface area (Å²) in [6, 6.07) is 12.7. The van der Waals surface area contributed by atoms with Crippen molar-refractivity contribution in [1.29, 1.82) is 0 Å². The molecule has 2 aliphatic rings. The number of fused-ring (bicyclic) bond motifs is 1. The van der Waals surface area contributed by atoms with Crippen LogP contribution in [0.5, 0.6) is 0 Å². The second-order valence-corrected chi connectivity index (χ2v) is 10.3. The third-order valence-corrected chi connectivity index (χ3v) is 7.47. The largest absolute Gasteiger partial charge is 0.446 e. The van der Waals surface area contributed by atoms with Crippen LogP contribution in [0.2, 0.25) is 10.0 Å². The zero-order valence-corrected chi connectivity index (χ0v) is 24.2. The third-order valence-electron chi connectivity index (χ3n) is 6.96. The fourth-order valence-corrected chi connectivity index (χ4v) is 4.97. The Balaban J connectivity index is 1.96. The maximum atomic E-state index is 14.1. The zero-order chi connectivity index (χ0) is 29.1. The van der Waals surface area contributed by atoms with Crippen LogP contribution in [-0.4, -0.2) is 46.0 Å². The molecule has 0 atom stereocenters. The van der Waals surface area contributed by atoms with Crippen molar-refractivity contribution in [3.05, 3.63) is 80.8 Å². The van der Waals surface area contributed by atoms with Crippen molar-refractivity contribution >= 4 is 58.6 Å². The standard InChI is InChI=1S/C30H30Cl2N2O6/c1-5-21(6-2)39-29(37)33-25(17-9-13-19(31)14-10-17)23-24(27(33)35)26(18-11-15-20(32)16-12-18)34(28(23)36)30(38)40-22(7-3)8-4/h9-16,21-22H,5-8H2,1-4H3. The first-order valence-corrected chi connectivity index (χ1v) is 14.0. The lowest BCUT2D eigenvalue weighted by Gasteiger charge is -2.25. The molecular formula is C30H30Cl2N2O6. The van der Waals surface area contributed by atoms with Crippen molar-refractivity contribution in [3.63, 3.8) is 0 Å². The Morgan fingerprint density at radius 1 is 0.625 bits per heavy atom. The number of ether oxygens (including phenoxy) is 2. The fourth-order valence-electron chi connectivity index (χ4n) is 4.72. The van der Waals surface area contributed by atoms with Crippen LogP contribution in [0, 0.1) is 0 Å². The van der Waals surface area contributed by atoms with Gasteiger partial charge in [-0.15, -0.1) is 0 Å². The van der Waals surface area contributed by atoms with E-state index in [0.29, 0.717) is 46.9 Å². The normalized spacial score (nSPS) is 15.1. The molecule has 10 heteroatoms. The molecule has 8 nitrogen and oxygen atoms in total. The Kier molecular flexibility index (Phi) is 9.01. The molecule has 0 N–H and O–H groups in total. The van der Waals surface area contributed by atoms with Crippen LogP contribution < -0.4 is 0 Å². The summed E-state index contributed by atoms with van der Waals surface area (Å²) >= 11 is 12.2. The van der Waals surface area contributed by atoms with Gasteiger partial charge in [0.15, 0.2) is 0 Å². The van der Waals surface area contributed by atoms with Gasteiger partial charge < -0.3 is 9.47 Å². The van der Waals surface area contributed by atoms with Gasteiger partial charge in [0.25, 0.3) is 11.8 Å². The Bertz CT molecular complexity index is 1280. The van der Waals surface area contributed by atoms with Gasteiger partial charge in [-0.05, 0) is 61.1 Å². The summed E-state index contributed by atoms with van der Waals surface area (Å²) in [5.74, 6) is -1.57. The van der Waals surface area contributed by atoms with E-state index in [2.05, 4.69) is 0 Å². The van der Waals surface area contributed by atoms with Crippen molar-refractivity contribution < 1.29 is 28.7 Å². The van der Waals surface area contributed by atoms with Crippen LogP contribution in [0.4, 0.5) is 9.59 Å². The number of hydrogen-bond donors (Lipinski definition) is 0. The maximum absolute atomic E-state index is 14.1. The Labute approximate surface area is 243 Å². The molecule has 0 radical (unpaired) electrons. The molecular weight excluding hydrogens is 555 g/mol.